The molecule has 1 atom stereocenters. The van der Waals surface area contributed by atoms with Gasteiger partial charge in [-0.3, -0.25) is 0 Å². The molecule has 1 aromatic carbocycles. The van der Waals surface area contributed by atoms with Crippen LogP contribution in [-0.2, 0) is 26.8 Å². The lowest BCUT2D eigenvalue weighted by Crippen LogP contribution is -2.42. The molecule has 0 spiro atoms. The lowest BCUT2D eigenvalue weighted by Gasteiger charge is -2.31. The van der Waals surface area contributed by atoms with Crippen LogP contribution in [0.5, 0.6) is 5.75 Å². The smallest absolute Gasteiger partial charge is 0.337 e. The fourth-order valence-corrected chi connectivity index (χ4v) is 4.51. The van der Waals surface area contributed by atoms with Crippen LogP contribution in [-0.4, -0.2) is 40.3 Å². The van der Waals surface area contributed by atoms with Gasteiger partial charge in [-0.1, -0.05) is 0 Å². The van der Waals surface area contributed by atoms with Crippen molar-refractivity contribution in [2.24, 2.45) is 0 Å². The molecule has 0 aliphatic heterocycles. The summed E-state index contributed by atoms with van der Waals surface area (Å²) < 4.78 is 43.2. The largest absolute Gasteiger partial charge is 0.495 e. The van der Waals surface area contributed by atoms with Gasteiger partial charge in [0, 0.05) is 18.5 Å². The van der Waals surface area contributed by atoms with E-state index in [9.17, 15) is 18.3 Å². The second kappa shape index (κ2) is 7.34. The summed E-state index contributed by atoms with van der Waals surface area (Å²) in [5.74, 6) is 0.0751. The van der Waals surface area contributed by atoms with Crippen LogP contribution >= 0.6 is 0 Å². The number of nitrogens with one attached hydrogen (secondary N) is 1. The summed E-state index contributed by atoms with van der Waals surface area (Å²) >= 11 is 0. The first kappa shape index (κ1) is 19.4. The molecule has 3 rings (SSSR count). The minimum atomic E-state index is -4.06. The molecular formula is C18H21NO7S. The molecule has 9 heteroatoms. The van der Waals surface area contributed by atoms with Gasteiger partial charge in [0.25, 0.3) is 0 Å². The van der Waals surface area contributed by atoms with E-state index < -0.39 is 21.6 Å². The molecule has 0 saturated heterocycles. The molecule has 1 unspecified atom stereocenters. The maximum absolute atomic E-state index is 12.8. The van der Waals surface area contributed by atoms with Crippen LogP contribution in [0.3, 0.4) is 0 Å². The fourth-order valence-electron chi connectivity index (χ4n) is 3.23. The summed E-state index contributed by atoms with van der Waals surface area (Å²) in [4.78, 5) is 11.5. The summed E-state index contributed by atoms with van der Waals surface area (Å²) in [6.45, 7) is -0.229. The Morgan fingerprint density at radius 3 is 2.81 bits per heavy atom. The van der Waals surface area contributed by atoms with Crippen LogP contribution in [0.15, 0.2) is 39.8 Å². The first-order valence-electron chi connectivity index (χ1n) is 8.36. The van der Waals surface area contributed by atoms with E-state index in [1.807, 2.05) is 0 Å². The zero-order valence-electron chi connectivity index (χ0n) is 15.0. The minimum Gasteiger partial charge on any atom is -0.495 e. The van der Waals surface area contributed by atoms with Crippen LogP contribution in [0.2, 0.25) is 0 Å². The van der Waals surface area contributed by atoms with Crippen molar-refractivity contribution in [2.45, 2.75) is 29.8 Å². The molecule has 2 aromatic rings. The monoisotopic (exact) mass is 395 g/mol. The van der Waals surface area contributed by atoms with E-state index in [4.69, 9.17) is 9.15 Å². The quantitative estimate of drug-likeness (QED) is 0.714. The Morgan fingerprint density at radius 2 is 2.11 bits per heavy atom. The van der Waals surface area contributed by atoms with Gasteiger partial charge in [0.05, 0.1) is 26.0 Å². The van der Waals surface area contributed by atoms with Gasteiger partial charge < -0.3 is 19.0 Å². The highest BCUT2D eigenvalue weighted by molar-refractivity contribution is 7.89. The number of esters is 1. The normalized spacial score (nSPS) is 19.4. The van der Waals surface area contributed by atoms with E-state index in [2.05, 4.69) is 9.46 Å². The van der Waals surface area contributed by atoms with Crippen LogP contribution in [0.1, 0.15) is 34.5 Å². The third kappa shape index (κ3) is 3.71. The molecule has 0 amide bonds. The van der Waals surface area contributed by atoms with Crippen molar-refractivity contribution in [3.8, 4) is 5.75 Å². The summed E-state index contributed by atoms with van der Waals surface area (Å²) in [6, 6.07) is 5.63. The second-order valence-electron chi connectivity index (χ2n) is 6.32. The Kier molecular flexibility index (Phi) is 5.27. The lowest BCUT2D eigenvalue weighted by molar-refractivity contribution is 0.0220. The molecule has 1 aromatic heterocycles. The van der Waals surface area contributed by atoms with E-state index in [0.717, 1.165) is 0 Å². The number of carbonyl (C=O) groups is 1. The zero-order chi connectivity index (χ0) is 19.7. The number of carbonyl (C=O) groups excluding carboxylic acids is 1. The number of rotatable bonds is 6. The molecule has 8 nitrogen and oxygen atoms in total. The average molecular weight is 395 g/mol. The van der Waals surface area contributed by atoms with Crippen molar-refractivity contribution in [1.29, 1.82) is 0 Å². The lowest BCUT2D eigenvalue weighted by atomic mass is 9.83. The minimum absolute atomic E-state index is 0.0761. The topological polar surface area (TPSA) is 115 Å². The highest BCUT2D eigenvalue weighted by Gasteiger charge is 2.37. The van der Waals surface area contributed by atoms with Crippen LogP contribution in [0, 0.1) is 0 Å². The number of ether oxygens (including phenoxy) is 2. The second-order valence-corrected chi connectivity index (χ2v) is 8.06. The predicted octanol–water partition coefficient (Wildman–Crippen LogP) is 1.58. The molecule has 1 heterocycles. The van der Waals surface area contributed by atoms with Crippen molar-refractivity contribution in [2.75, 3.05) is 20.8 Å². The number of hydrogen-bond donors (Lipinski definition) is 2. The Labute approximate surface area is 157 Å². The molecular weight excluding hydrogens is 374 g/mol. The van der Waals surface area contributed by atoms with Crippen molar-refractivity contribution in [3.63, 3.8) is 0 Å². The average Bonchev–Trinajstić information content (AvgIpc) is 3.16. The van der Waals surface area contributed by atoms with Crippen LogP contribution in [0.4, 0.5) is 0 Å². The Morgan fingerprint density at radius 1 is 1.33 bits per heavy atom. The van der Waals surface area contributed by atoms with Crippen LogP contribution < -0.4 is 9.46 Å². The highest BCUT2D eigenvalue weighted by Crippen LogP contribution is 2.36. The van der Waals surface area contributed by atoms with Gasteiger partial charge >= 0.3 is 5.97 Å². The number of aliphatic hydroxyl groups is 1. The number of aryl methyl sites for hydroxylation is 1. The molecule has 1 aliphatic rings. The fraction of sp³-hybridized carbons (Fsp3) is 0.389. The van der Waals surface area contributed by atoms with Gasteiger partial charge in [-0.15, -0.1) is 0 Å². The Bertz CT molecular complexity index is 950. The summed E-state index contributed by atoms with van der Waals surface area (Å²) in [6.07, 6.45) is 3.27. The summed E-state index contributed by atoms with van der Waals surface area (Å²) in [5.41, 5.74) is -0.695. The van der Waals surface area contributed by atoms with Crippen molar-refractivity contribution >= 4 is 16.0 Å². The number of benzene rings is 1. The van der Waals surface area contributed by atoms with Gasteiger partial charge in [-0.25, -0.2) is 17.9 Å². The first-order valence-corrected chi connectivity index (χ1v) is 9.84. The maximum atomic E-state index is 12.8. The zero-order valence-corrected chi connectivity index (χ0v) is 15.8. The molecule has 27 heavy (non-hydrogen) atoms. The SMILES string of the molecule is COC(=O)c1ccc(OC)c(S(=O)(=O)NCC2(O)CCCc3occc32)c1. The van der Waals surface area contributed by atoms with E-state index >= 15 is 0 Å². The number of hydrogen-bond acceptors (Lipinski definition) is 7. The number of furan rings is 1. The highest BCUT2D eigenvalue weighted by atomic mass is 32.2. The maximum Gasteiger partial charge on any atom is 0.337 e. The predicted molar refractivity (Wildman–Crippen MR) is 95.1 cm³/mol. The molecule has 0 radical (unpaired) electrons. The standard InChI is InChI=1S/C18H21NO7S/c1-24-15-6-5-12(17(20)25-2)10-16(15)27(22,23)19-11-18(21)8-3-4-14-13(18)7-9-26-14/h5-7,9-10,19,21H,3-4,8,11H2,1-2H3. The third-order valence-corrected chi connectivity index (χ3v) is 6.09. The molecule has 146 valence electrons. The van der Waals surface area contributed by atoms with E-state index in [1.165, 1.54) is 38.7 Å². The molecule has 0 bridgehead atoms. The number of methoxy groups -OCH3 is 2. The van der Waals surface area contributed by atoms with Gasteiger partial charge in [0.2, 0.25) is 10.0 Å². The van der Waals surface area contributed by atoms with Crippen molar-refractivity contribution in [1.82, 2.24) is 4.72 Å². The third-order valence-electron chi connectivity index (χ3n) is 4.67. The van der Waals surface area contributed by atoms with Gasteiger partial charge in [-0.2, -0.15) is 0 Å². The van der Waals surface area contributed by atoms with E-state index in [0.29, 0.717) is 30.6 Å². The van der Waals surface area contributed by atoms with Gasteiger partial charge in [-0.05, 0) is 37.1 Å². The van der Waals surface area contributed by atoms with Gasteiger partial charge in [0.1, 0.15) is 22.0 Å². The van der Waals surface area contributed by atoms with Gasteiger partial charge in [0.15, 0.2) is 0 Å². The molecule has 0 saturated carbocycles. The molecule has 2 N–H and O–H groups in total. The number of fused-ring (bicyclic) bond motifs is 1. The summed E-state index contributed by atoms with van der Waals surface area (Å²) in [5, 5.41) is 10.9. The van der Waals surface area contributed by atoms with E-state index in [-0.39, 0.29) is 22.8 Å². The molecule has 0 fully saturated rings. The van der Waals surface area contributed by atoms with Crippen molar-refractivity contribution in [3.05, 3.63) is 47.4 Å². The Hall–Kier alpha value is -2.36. The Balaban J connectivity index is 1.89. The first-order chi connectivity index (χ1) is 12.8. The van der Waals surface area contributed by atoms with E-state index in [1.54, 1.807) is 6.07 Å². The molecule has 1 aliphatic carbocycles. The summed E-state index contributed by atoms with van der Waals surface area (Å²) in [7, 11) is -1.52. The van der Waals surface area contributed by atoms with Crippen molar-refractivity contribution < 1.29 is 32.2 Å². The number of sulfonamides is 1. The van der Waals surface area contributed by atoms with Crippen LogP contribution in [0.25, 0.3) is 0 Å².